The van der Waals surface area contributed by atoms with E-state index >= 15 is 0 Å². The summed E-state index contributed by atoms with van der Waals surface area (Å²) in [6, 6.07) is 2.67. The van der Waals surface area contributed by atoms with Crippen molar-refractivity contribution < 1.29 is 24.0 Å². The predicted molar refractivity (Wildman–Crippen MR) is 54.6 cm³/mol. The van der Waals surface area contributed by atoms with Gasteiger partial charge in [-0.3, -0.25) is 14.9 Å². The first-order valence-electron chi connectivity index (χ1n) is 4.64. The van der Waals surface area contributed by atoms with Crippen molar-refractivity contribution in [3.8, 4) is 0 Å². The van der Waals surface area contributed by atoms with E-state index in [0.29, 0.717) is 0 Å². The number of carbonyl (C=O) groups is 1. The molecule has 17 heavy (non-hydrogen) atoms. The van der Waals surface area contributed by atoms with Crippen molar-refractivity contribution in [1.82, 2.24) is 0 Å². The van der Waals surface area contributed by atoms with Crippen molar-refractivity contribution >= 4 is 11.7 Å². The monoisotopic (exact) mass is 243 g/mol. The van der Waals surface area contributed by atoms with E-state index in [0.717, 1.165) is 25.3 Å². The van der Waals surface area contributed by atoms with Crippen LogP contribution in [-0.2, 0) is 9.53 Å². The van der Waals surface area contributed by atoms with Gasteiger partial charge in [-0.05, 0) is 12.1 Å². The minimum absolute atomic E-state index is 0.250. The molecule has 0 aliphatic heterocycles. The number of methoxy groups -OCH3 is 1. The molecule has 0 heterocycles. The van der Waals surface area contributed by atoms with Gasteiger partial charge < -0.3 is 9.84 Å². The molecule has 0 aliphatic carbocycles. The summed E-state index contributed by atoms with van der Waals surface area (Å²) in [7, 11) is 1.12. The molecule has 7 heteroatoms. The first kappa shape index (κ1) is 13.0. The molecule has 0 radical (unpaired) electrons. The number of esters is 1. The number of benzene rings is 1. The van der Waals surface area contributed by atoms with Crippen molar-refractivity contribution in [2.24, 2.45) is 0 Å². The van der Waals surface area contributed by atoms with Gasteiger partial charge in [0.1, 0.15) is 5.82 Å². The number of nitro groups is 1. The van der Waals surface area contributed by atoms with Gasteiger partial charge in [0.2, 0.25) is 0 Å². The lowest BCUT2D eigenvalue weighted by molar-refractivity contribution is -0.386. The Balaban J connectivity index is 3.06. The number of aliphatic hydroxyl groups is 1. The number of hydrogen-bond acceptors (Lipinski definition) is 5. The second-order valence-corrected chi connectivity index (χ2v) is 3.26. The summed E-state index contributed by atoms with van der Waals surface area (Å²) in [5.41, 5.74) is -0.691. The molecule has 1 N–H and O–H groups in total. The molecular formula is C10H10FNO5. The molecule has 0 bridgehead atoms. The molecule has 0 unspecified atom stereocenters. The number of nitro benzene ring substituents is 1. The van der Waals surface area contributed by atoms with Crippen molar-refractivity contribution in [3.05, 3.63) is 39.7 Å². The number of carbonyl (C=O) groups excluding carboxylic acids is 1. The Morgan fingerprint density at radius 2 is 2.29 bits per heavy atom. The summed E-state index contributed by atoms with van der Waals surface area (Å²) in [5, 5.41) is 20.3. The molecule has 0 aliphatic rings. The number of rotatable bonds is 4. The standard InChI is InChI=1S/C10H10FNO5/c1-17-10(14)5-9(13)7-4-6(11)2-3-8(7)12(15)16/h2-4,9,13H,5H2,1H3/t9-/m0/s1. The first-order valence-corrected chi connectivity index (χ1v) is 4.64. The minimum atomic E-state index is -1.47. The average molecular weight is 243 g/mol. The van der Waals surface area contributed by atoms with E-state index in [9.17, 15) is 24.4 Å². The Hall–Kier alpha value is -2.02. The fourth-order valence-corrected chi connectivity index (χ4v) is 1.31. The Kier molecular flexibility index (Phi) is 4.11. The molecule has 1 atom stereocenters. The molecule has 0 saturated heterocycles. The lowest BCUT2D eigenvalue weighted by Crippen LogP contribution is -2.10. The van der Waals surface area contributed by atoms with E-state index in [1.807, 2.05) is 0 Å². The Morgan fingerprint density at radius 3 is 2.82 bits per heavy atom. The van der Waals surface area contributed by atoms with Gasteiger partial charge in [0.05, 0.1) is 30.1 Å². The van der Waals surface area contributed by atoms with Crippen LogP contribution in [0.25, 0.3) is 0 Å². The van der Waals surface area contributed by atoms with Crippen molar-refractivity contribution in [2.45, 2.75) is 12.5 Å². The summed E-state index contributed by atoms with van der Waals surface area (Å²) >= 11 is 0. The fraction of sp³-hybridized carbons (Fsp3) is 0.300. The van der Waals surface area contributed by atoms with Crippen LogP contribution in [0.15, 0.2) is 18.2 Å². The Labute approximate surface area is 95.8 Å². The molecule has 1 rings (SSSR count). The Bertz CT molecular complexity index is 448. The lowest BCUT2D eigenvalue weighted by atomic mass is 10.0. The quantitative estimate of drug-likeness (QED) is 0.489. The van der Waals surface area contributed by atoms with E-state index in [2.05, 4.69) is 4.74 Å². The van der Waals surface area contributed by atoms with Crippen LogP contribution in [-0.4, -0.2) is 23.1 Å². The van der Waals surface area contributed by atoms with Crippen LogP contribution in [0.4, 0.5) is 10.1 Å². The molecule has 0 aromatic heterocycles. The zero-order valence-corrected chi connectivity index (χ0v) is 8.92. The normalized spacial score (nSPS) is 11.9. The summed E-state index contributed by atoms with van der Waals surface area (Å²) < 4.78 is 17.3. The van der Waals surface area contributed by atoms with Gasteiger partial charge in [-0.1, -0.05) is 0 Å². The van der Waals surface area contributed by atoms with Crippen LogP contribution in [0.2, 0.25) is 0 Å². The molecule has 92 valence electrons. The molecule has 1 aromatic carbocycles. The third-order valence-electron chi connectivity index (χ3n) is 2.13. The highest BCUT2D eigenvalue weighted by atomic mass is 19.1. The van der Waals surface area contributed by atoms with Gasteiger partial charge in [-0.25, -0.2) is 4.39 Å². The SMILES string of the molecule is COC(=O)C[C@H](O)c1cc(F)ccc1[N+](=O)[O-]. The smallest absolute Gasteiger partial charge is 0.308 e. The van der Waals surface area contributed by atoms with Gasteiger partial charge in [-0.15, -0.1) is 0 Å². The van der Waals surface area contributed by atoms with Crippen molar-refractivity contribution in [3.63, 3.8) is 0 Å². The van der Waals surface area contributed by atoms with Crippen LogP contribution in [0.1, 0.15) is 18.1 Å². The number of ether oxygens (including phenoxy) is 1. The zero-order chi connectivity index (χ0) is 13.0. The molecule has 6 nitrogen and oxygen atoms in total. The maximum atomic E-state index is 12.9. The highest BCUT2D eigenvalue weighted by molar-refractivity contribution is 5.70. The summed E-state index contributed by atoms with van der Waals surface area (Å²) in [4.78, 5) is 20.8. The van der Waals surface area contributed by atoms with Gasteiger partial charge in [-0.2, -0.15) is 0 Å². The zero-order valence-electron chi connectivity index (χ0n) is 8.92. The van der Waals surface area contributed by atoms with Crippen LogP contribution in [0, 0.1) is 15.9 Å². The van der Waals surface area contributed by atoms with Gasteiger partial charge in [0.15, 0.2) is 0 Å². The highest BCUT2D eigenvalue weighted by Crippen LogP contribution is 2.28. The number of hydrogen-bond donors (Lipinski definition) is 1. The largest absolute Gasteiger partial charge is 0.469 e. The lowest BCUT2D eigenvalue weighted by Gasteiger charge is -2.09. The maximum Gasteiger partial charge on any atom is 0.308 e. The van der Waals surface area contributed by atoms with Gasteiger partial charge >= 0.3 is 5.97 Å². The highest BCUT2D eigenvalue weighted by Gasteiger charge is 2.23. The third kappa shape index (κ3) is 3.22. The van der Waals surface area contributed by atoms with Gasteiger partial charge in [0, 0.05) is 6.07 Å². The third-order valence-corrected chi connectivity index (χ3v) is 2.13. The molecule has 0 saturated carbocycles. The summed E-state index contributed by atoms with van der Waals surface area (Å²) in [6.07, 6.45) is -1.94. The number of aliphatic hydroxyl groups excluding tert-OH is 1. The van der Waals surface area contributed by atoms with E-state index in [1.165, 1.54) is 0 Å². The second-order valence-electron chi connectivity index (χ2n) is 3.26. The minimum Gasteiger partial charge on any atom is -0.469 e. The molecule has 0 spiro atoms. The van der Waals surface area contributed by atoms with E-state index < -0.39 is 34.9 Å². The average Bonchev–Trinajstić information content (AvgIpc) is 2.28. The number of halogens is 1. The van der Waals surface area contributed by atoms with Crippen LogP contribution >= 0.6 is 0 Å². The topological polar surface area (TPSA) is 89.7 Å². The first-order chi connectivity index (χ1) is 7.95. The Morgan fingerprint density at radius 1 is 1.65 bits per heavy atom. The summed E-state index contributed by atoms with van der Waals surface area (Å²) in [6.45, 7) is 0. The number of nitrogens with zero attached hydrogens (tertiary/aromatic N) is 1. The summed E-state index contributed by atoms with van der Waals surface area (Å²) in [5.74, 6) is -1.47. The fourth-order valence-electron chi connectivity index (χ4n) is 1.31. The second kappa shape index (κ2) is 5.35. The van der Waals surface area contributed by atoms with E-state index in [-0.39, 0.29) is 5.56 Å². The van der Waals surface area contributed by atoms with Crippen LogP contribution < -0.4 is 0 Å². The van der Waals surface area contributed by atoms with Crippen molar-refractivity contribution in [2.75, 3.05) is 7.11 Å². The van der Waals surface area contributed by atoms with Crippen LogP contribution in [0.5, 0.6) is 0 Å². The van der Waals surface area contributed by atoms with Crippen LogP contribution in [0.3, 0.4) is 0 Å². The molecule has 1 aromatic rings. The van der Waals surface area contributed by atoms with Crippen molar-refractivity contribution in [1.29, 1.82) is 0 Å². The van der Waals surface area contributed by atoms with E-state index in [1.54, 1.807) is 0 Å². The van der Waals surface area contributed by atoms with E-state index in [4.69, 9.17) is 0 Å². The predicted octanol–water partition coefficient (Wildman–Crippen LogP) is 1.33. The maximum absolute atomic E-state index is 12.9. The molecular weight excluding hydrogens is 233 g/mol. The van der Waals surface area contributed by atoms with Gasteiger partial charge in [0.25, 0.3) is 5.69 Å². The molecule has 0 amide bonds. The molecule has 0 fully saturated rings.